The Kier molecular flexibility index (Phi) is 2.96. The molecule has 0 bridgehead atoms. The molecule has 5 N–H and O–H groups in total. The first-order chi connectivity index (χ1) is 8.56. The predicted molar refractivity (Wildman–Crippen MR) is 62.3 cm³/mol. The van der Waals surface area contributed by atoms with Gasteiger partial charge in [0.15, 0.2) is 0 Å². The molecule has 0 saturated carbocycles. The Balaban J connectivity index is 2.33. The number of aromatic nitrogens is 4. The summed E-state index contributed by atoms with van der Waals surface area (Å²) in [5, 5.41) is 0. The molecule has 0 radical (unpaired) electrons. The lowest BCUT2D eigenvalue weighted by Gasteiger charge is -2.05. The van der Waals surface area contributed by atoms with Crippen molar-refractivity contribution in [3.05, 3.63) is 22.5 Å². The van der Waals surface area contributed by atoms with Crippen LogP contribution in [0.3, 0.4) is 0 Å². The fourth-order valence-electron chi connectivity index (χ4n) is 1.16. The van der Waals surface area contributed by atoms with E-state index < -0.39 is 5.56 Å². The van der Waals surface area contributed by atoms with E-state index in [4.69, 9.17) is 20.9 Å². The normalized spacial score (nSPS) is 10.1. The Labute approximate surface area is 101 Å². The van der Waals surface area contributed by atoms with Gasteiger partial charge in [0, 0.05) is 12.1 Å². The van der Waals surface area contributed by atoms with E-state index in [9.17, 15) is 4.79 Å². The molecular formula is C9H10N6O3. The number of nitrogen functional groups attached to an aromatic ring is 2. The average Bonchev–Trinajstić information content (AvgIpc) is 2.26. The summed E-state index contributed by atoms with van der Waals surface area (Å²) in [5.74, 6) is 0.400. The van der Waals surface area contributed by atoms with Crippen LogP contribution >= 0.6 is 0 Å². The van der Waals surface area contributed by atoms with Crippen molar-refractivity contribution >= 4 is 11.6 Å². The lowest BCUT2D eigenvalue weighted by Crippen LogP contribution is -2.10. The predicted octanol–water partition coefficient (Wildman–Crippen LogP) is -0.475. The van der Waals surface area contributed by atoms with E-state index in [1.807, 2.05) is 0 Å². The number of anilines is 2. The molecule has 0 aliphatic rings. The second-order valence-corrected chi connectivity index (χ2v) is 3.20. The number of H-pyrrole nitrogens is 1. The minimum absolute atomic E-state index is 0.0182. The number of hydrogen-bond donors (Lipinski definition) is 3. The fourth-order valence-corrected chi connectivity index (χ4v) is 1.16. The van der Waals surface area contributed by atoms with Gasteiger partial charge < -0.3 is 20.9 Å². The molecule has 2 aromatic rings. The van der Waals surface area contributed by atoms with Crippen molar-refractivity contribution in [3.8, 4) is 17.9 Å². The monoisotopic (exact) mass is 250 g/mol. The van der Waals surface area contributed by atoms with Crippen LogP contribution in [0.25, 0.3) is 0 Å². The number of ether oxygens (including phenoxy) is 2. The zero-order chi connectivity index (χ0) is 13.1. The molecule has 0 saturated heterocycles. The third-order valence-corrected chi connectivity index (χ3v) is 1.84. The molecule has 9 heteroatoms. The summed E-state index contributed by atoms with van der Waals surface area (Å²) in [4.78, 5) is 24.9. The first-order valence-corrected chi connectivity index (χ1v) is 4.80. The minimum atomic E-state index is -0.451. The molecule has 2 heterocycles. The highest BCUT2D eigenvalue weighted by molar-refractivity contribution is 5.35. The van der Waals surface area contributed by atoms with Crippen LogP contribution in [0.4, 0.5) is 11.6 Å². The zero-order valence-electron chi connectivity index (χ0n) is 9.38. The van der Waals surface area contributed by atoms with Crippen molar-refractivity contribution in [2.24, 2.45) is 0 Å². The van der Waals surface area contributed by atoms with Crippen LogP contribution < -0.4 is 26.5 Å². The molecule has 0 unspecified atom stereocenters. The molecule has 2 rings (SSSR count). The molecule has 0 atom stereocenters. The number of aromatic amines is 1. The summed E-state index contributed by atoms with van der Waals surface area (Å²) in [6.45, 7) is 0. The number of methoxy groups -OCH3 is 1. The van der Waals surface area contributed by atoms with Crippen molar-refractivity contribution in [2.75, 3.05) is 18.6 Å². The number of nitrogens with two attached hydrogens (primary N) is 2. The van der Waals surface area contributed by atoms with E-state index in [0.717, 1.165) is 6.07 Å². The molecule has 0 aliphatic heterocycles. The fraction of sp³-hybridized carbons (Fsp3) is 0.111. The van der Waals surface area contributed by atoms with Crippen LogP contribution in [0.2, 0.25) is 0 Å². The summed E-state index contributed by atoms with van der Waals surface area (Å²) in [6, 6.07) is 2.30. The first kappa shape index (κ1) is 11.6. The van der Waals surface area contributed by atoms with Gasteiger partial charge >= 0.3 is 12.0 Å². The Hall–Kier alpha value is -2.84. The Morgan fingerprint density at radius 3 is 2.56 bits per heavy atom. The van der Waals surface area contributed by atoms with Crippen molar-refractivity contribution in [1.29, 1.82) is 0 Å². The molecule has 0 spiro atoms. The third-order valence-electron chi connectivity index (χ3n) is 1.84. The second kappa shape index (κ2) is 4.57. The number of nitrogens with one attached hydrogen (secondary N) is 1. The summed E-state index contributed by atoms with van der Waals surface area (Å²) >= 11 is 0. The maximum Gasteiger partial charge on any atom is 0.329 e. The van der Waals surface area contributed by atoms with Crippen LogP contribution in [0, 0.1) is 0 Å². The third kappa shape index (κ3) is 2.64. The highest BCUT2D eigenvalue weighted by atomic mass is 16.5. The molecule has 2 aromatic heterocycles. The van der Waals surface area contributed by atoms with Gasteiger partial charge in [-0.05, 0) is 0 Å². The topological polar surface area (TPSA) is 142 Å². The highest BCUT2D eigenvalue weighted by Crippen LogP contribution is 2.18. The first-order valence-electron chi connectivity index (χ1n) is 4.80. The van der Waals surface area contributed by atoms with Crippen LogP contribution in [-0.4, -0.2) is 27.0 Å². The molecule has 0 amide bonds. The van der Waals surface area contributed by atoms with Gasteiger partial charge in [-0.15, -0.1) is 0 Å². The number of nitrogens with zero attached hydrogens (tertiary/aromatic N) is 3. The van der Waals surface area contributed by atoms with Crippen LogP contribution in [0.1, 0.15) is 0 Å². The molecule has 0 aliphatic carbocycles. The smallest absolute Gasteiger partial charge is 0.329 e. The molecule has 18 heavy (non-hydrogen) atoms. The average molecular weight is 250 g/mol. The van der Waals surface area contributed by atoms with E-state index in [1.165, 1.54) is 13.2 Å². The minimum Gasteiger partial charge on any atom is -0.481 e. The molecular weight excluding hydrogens is 240 g/mol. The van der Waals surface area contributed by atoms with E-state index in [2.05, 4.69) is 19.9 Å². The van der Waals surface area contributed by atoms with Gasteiger partial charge in [-0.25, -0.2) is 0 Å². The molecule has 0 aromatic carbocycles. The maximum atomic E-state index is 11.1. The van der Waals surface area contributed by atoms with E-state index in [1.54, 1.807) is 0 Å². The van der Waals surface area contributed by atoms with Gasteiger partial charge in [0.1, 0.15) is 11.6 Å². The lowest BCUT2D eigenvalue weighted by atomic mass is 10.6. The van der Waals surface area contributed by atoms with Crippen molar-refractivity contribution in [1.82, 2.24) is 19.9 Å². The highest BCUT2D eigenvalue weighted by Gasteiger charge is 2.07. The zero-order valence-corrected chi connectivity index (χ0v) is 9.38. The molecule has 0 fully saturated rings. The molecule has 9 nitrogen and oxygen atoms in total. The van der Waals surface area contributed by atoms with E-state index in [0.29, 0.717) is 0 Å². The Morgan fingerprint density at radius 2 is 1.89 bits per heavy atom. The summed E-state index contributed by atoms with van der Waals surface area (Å²) in [6.07, 6.45) is 0. The lowest BCUT2D eigenvalue weighted by molar-refractivity contribution is 0.367. The number of hydrogen-bond acceptors (Lipinski definition) is 8. The van der Waals surface area contributed by atoms with Crippen molar-refractivity contribution < 1.29 is 9.47 Å². The van der Waals surface area contributed by atoms with E-state index in [-0.39, 0.29) is 29.5 Å². The SMILES string of the molecule is COc1cc(N)nc(Oc2nc(N)cc(=O)[nH]2)n1. The van der Waals surface area contributed by atoms with Crippen LogP contribution in [0.5, 0.6) is 17.9 Å². The summed E-state index contributed by atoms with van der Waals surface area (Å²) < 4.78 is 10.0. The Morgan fingerprint density at radius 1 is 1.17 bits per heavy atom. The van der Waals surface area contributed by atoms with Gasteiger partial charge in [0.2, 0.25) is 5.88 Å². The summed E-state index contributed by atoms with van der Waals surface area (Å²) in [5.41, 5.74) is 10.5. The van der Waals surface area contributed by atoms with Gasteiger partial charge in [-0.2, -0.15) is 15.0 Å². The van der Waals surface area contributed by atoms with Crippen molar-refractivity contribution in [2.45, 2.75) is 0 Å². The second-order valence-electron chi connectivity index (χ2n) is 3.20. The standard InChI is InChI=1S/C9H10N6O3/c1-17-7-3-5(11)13-9(15-7)18-8-12-4(10)2-6(16)14-8/h2-3H,1H3,(H2,11,13,15)(H3,10,12,14,16). The van der Waals surface area contributed by atoms with Gasteiger partial charge in [0.05, 0.1) is 7.11 Å². The molecule has 94 valence electrons. The number of rotatable bonds is 3. The quantitative estimate of drug-likeness (QED) is 0.663. The van der Waals surface area contributed by atoms with Gasteiger partial charge in [-0.1, -0.05) is 0 Å². The summed E-state index contributed by atoms with van der Waals surface area (Å²) in [7, 11) is 1.42. The Bertz CT molecular complexity index is 626. The van der Waals surface area contributed by atoms with E-state index >= 15 is 0 Å². The van der Waals surface area contributed by atoms with Gasteiger partial charge in [0.25, 0.3) is 5.56 Å². The maximum absolute atomic E-state index is 11.1. The van der Waals surface area contributed by atoms with Crippen LogP contribution in [0.15, 0.2) is 16.9 Å². The van der Waals surface area contributed by atoms with Gasteiger partial charge in [-0.3, -0.25) is 9.78 Å². The van der Waals surface area contributed by atoms with Crippen LogP contribution in [-0.2, 0) is 0 Å². The van der Waals surface area contributed by atoms with Crippen molar-refractivity contribution in [3.63, 3.8) is 0 Å². The largest absolute Gasteiger partial charge is 0.481 e.